The lowest BCUT2D eigenvalue weighted by atomic mass is 9.99. The Morgan fingerprint density at radius 1 is 1.38 bits per heavy atom. The number of hydrogen-bond acceptors (Lipinski definition) is 1. The Kier molecular flexibility index (Phi) is 4.51. The van der Waals surface area contributed by atoms with Gasteiger partial charge in [0, 0.05) is 0 Å². The maximum Gasteiger partial charge on any atom is 0.0723 e. The van der Waals surface area contributed by atoms with Crippen LogP contribution in [0, 0.1) is 5.92 Å². The topological polar surface area (TPSA) is 20.2 Å². The molecule has 1 fully saturated rings. The summed E-state index contributed by atoms with van der Waals surface area (Å²) >= 11 is 0. The van der Waals surface area contributed by atoms with Gasteiger partial charge in [-0.25, -0.2) is 0 Å². The zero-order chi connectivity index (χ0) is 9.68. The largest absolute Gasteiger partial charge is 0.389 e. The Morgan fingerprint density at radius 3 is 2.54 bits per heavy atom. The molecule has 0 spiro atoms. The summed E-state index contributed by atoms with van der Waals surface area (Å²) in [6.07, 6.45) is 9.52. The number of aliphatic hydroxyl groups excluding tert-OH is 1. The number of hydrogen-bond donors (Lipinski definition) is 1. The molecule has 0 aromatic heterocycles. The third-order valence-corrected chi connectivity index (χ3v) is 2.87. The first kappa shape index (κ1) is 10.8. The Hall–Kier alpha value is -0.300. The minimum absolute atomic E-state index is 0.203. The summed E-state index contributed by atoms with van der Waals surface area (Å²) in [4.78, 5) is 0. The second kappa shape index (κ2) is 5.43. The Bertz CT molecular complexity index is 162. The van der Waals surface area contributed by atoms with Crippen molar-refractivity contribution in [3.8, 4) is 0 Å². The Balaban J connectivity index is 2.14. The van der Waals surface area contributed by atoms with Gasteiger partial charge in [0.1, 0.15) is 0 Å². The first-order valence-electron chi connectivity index (χ1n) is 5.51. The van der Waals surface area contributed by atoms with Gasteiger partial charge in [0.25, 0.3) is 0 Å². The van der Waals surface area contributed by atoms with Crippen molar-refractivity contribution >= 4 is 0 Å². The van der Waals surface area contributed by atoms with Crippen molar-refractivity contribution in [2.24, 2.45) is 5.92 Å². The van der Waals surface area contributed by atoms with Crippen LogP contribution in [0.15, 0.2) is 11.6 Å². The summed E-state index contributed by atoms with van der Waals surface area (Å²) in [6.45, 7) is 4.08. The van der Waals surface area contributed by atoms with Gasteiger partial charge in [0.15, 0.2) is 0 Å². The van der Waals surface area contributed by atoms with Gasteiger partial charge in [0.2, 0.25) is 0 Å². The van der Waals surface area contributed by atoms with Crippen LogP contribution in [0.25, 0.3) is 0 Å². The maximum atomic E-state index is 9.60. The highest BCUT2D eigenvalue weighted by Gasteiger charge is 2.15. The molecule has 1 unspecified atom stereocenters. The normalized spacial score (nSPS) is 20.2. The third-order valence-electron chi connectivity index (χ3n) is 2.87. The summed E-state index contributed by atoms with van der Waals surface area (Å²) in [5.41, 5.74) is 1.22. The van der Waals surface area contributed by atoms with Gasteiger partial charge in [-0.15, -0.1) is 0 Å². The van der Waals surface area contributed by atoms with Crippen LogP contribution in [0.1, 0.15) is 52.4 Å². The quantitative estimate of drug-likeness (QED) is 0.661. The second-order valence-corrected chi connectivity index (χ2v) is 4.54. The van der Waals surface area contributed by atoms with Crippen LogP contribution in [-0.2, 0) is 0 Å². The molecular formula is C12H22O. The van der Waals surface area contributed by atoms with Gasteiger partial charge >= 0.3 is 0 Å². The molecular weight excluding hydrogens is 160 g/mol. The highest BCUT2D eigenvalue weighted by atomic mass is 16.3. The molecule has 0 aromatic carbocycles. The summed E-state index contributed by atoms with van der Waals surface area (Å²) in [7, 11) is 0. The molecule has 1 nitrogen and oxygen atoms in total. The van der Waals surface area contributed by atoms with E-state index in [1.54, 1.807) is 0 Å². The van der Waals surface area contributed by atoms with E-state index in [1.807, 2.05) is 19.9 Å². The fraction of sp³-hybridized carbons (Fsp3) is 0.833. The lowest BCUT2D eigenvalue weighted by Crippen LogP contribution is -2.05. The van der Waals surface area contributed by atoms with Gasteiger partial charge < -0.3 is 5.11 Å². The maximum absolute atomic E-state index is 9.60. The molecule has 0 heterocycles. The SMILES string of the molecule is CC(C)=CC(O)CCC1CCCC1. The zero-order valence-electron chi connectivity index (χ0n) is 8.92. The van der Waals surface area contributed by atoms with E-state index in [4.69, 9.17) is 0 Å². The standard InChI is InChI=1S/C12H22O/c1-10(2)9-12(13)8-7-11-5-3-4-6-11/h9,11-13H,3-8H2,1-2H3. The van der Waals surface area contributed by atoms with Crippen LogP contribution < -0.4 is 0 Å². The van der Waals surface area contributed by atoms with E-state index in [9.17, 15) is 5.11 Å². The third kappa shape index (κ3) is 4.47. The smallest absolute Gasteiger partial charge is 0.0723 e. The summed E-state index contributed by atoms with van der Waals surface area (Å²) in [6, 6.07) is 0. The predicted octanol–water partition coefficient (Wildman–Crippen LogP) is 3.28. The minimum atomic E-state index is -0.203. The highest BCUT2D eigenvalue weighted by Crippen LogP contribution is 2.29. The summed E-state index contributed by atoms with van der Waals surface area (Å²) in [5, 5.41) is 9.60. The minimum Gasteiger partial charge on any atom is -0.389 e. The molecule has 0 amide bonds. The molecule has 13 heavy (non-hydrogen) atoms. The van der Waals surface area contributed by atoms with E-state index in [1.165, 1.54) is 37.7 Å². The molecule has 0 aliphatic heterocycles. The Labute approximate surface area is 81.9 Å². The van der Waals surface area contributed by atoms with E-state index >= 15 is 0 Å². The monoisotopic (exact) mass is 182 g/mol. The van der Waals surface area contributed by atoms with Crippen molar-refractivity contribution in [2.75, 3.05) is 0 Å². The van der Waals surface area contributed by atoms with Crippen LogP contribution in [0.4, 0.5) is 0 Å². The van der Waals surface area contributed by atoms with E-state index < -0.39 is 0 Å². The molecule has 0 aromatic rings. The van der Waals surface area contributed by atoms with Crippen LogP contribution in [0.3, 0.4) is 0 Å². The molecule has 0 bridgehead atoms. The van der Waals surface area contributed by atoms with Gasteiger partial charge in [-0.05, 0) is 32.6 Å². The van der Waals surface area contributed by atoms with Gasteiger partial charge in [-0.2, -0.15) is 0 Å². The van der Waals surface area contributed by atoms with E-state index in [0.717, 1.165) is 12.3 Å². The van der Waals surface area contributed by atoms with Gasteiger partial charge in [0.05, 0.1) is 6.10 Å². The van der Waals surface area contributed by atoms with Gasteiger partial charge in [-0.1, -0.05) is 37.3 Å². The average Bonchev–Trinajstić information content (AvgIpc) is 2.51. The van der Waals surface area contributed by atoms with Crippen molar-refractivity contribution in [1.29, 1.82) is 0 Å². The number of rotatable bonds is 4. The highest BCUT2D eigenvalue weighted by molar-refractivity contribution is 4.97. The molecule has 1 rings (SSSR count). The van der Waals surface area contributed by atoms with E-state index in [2.05, 4.69) is 0 Å². The molecule has 1 aliphatic carbocycles. The summed E-state index contributed by atoms with van der Waals surface area (Å²) in [5.74, 6) is 0.903. The second-order valence-electron chi connectivity index (χ2n) is 4.54. The predicted molar refractivity (Wildman–Crippen MR) is 56.6 cm³/mol. The van der Waals surface area contributed by atoms with E-state index in [-0.39, 0.29) is 6.10 Å². The molecule has 1 N–H and O–H groups in total. The number of allylic oxidation sites excluding steroid dienone is 1. The lowest BCUT2D eigenvalue weighted by Gasteiger charge is -2.11. The summed E-state index contributed by atoms with van der Waals surface area (Å²) < 4.78 is 0. The first-order valence-corrected chi connectivity index (χ1v) is 5.51. The van der Waals surface area contributed by atoms with Crippen molar-refractivity contribution in [3.05, 3.63) is 11.6 Å². The van der Waals surface area contributed by atoms with Crippen molar-refractivity contribution in [2.45, 2.75) is 58.5 Å². The van der Waals surface area contributed by atoms with Crippen LogP contribution in [-0.4, -0.2) is 11.2 Å². The molecule has 76 valence electrons. The van der Waals surface area contributed by atoms with Gasteiger partial charge in [-0.3, -0.25) is 0 Å². The molecule has 0 saturated heterocycles. The van der Waals surface area contributed by atoms with Crippen LogP contribution >= 0.6 is 0 Å². The van der Waals surface area contributed by atoms with Crippen LogP contribution in [0.2, 0.25) is 0 Å². The molecule has 1 saturated carbocycles. The fourth-order valence-corrected chi connectivity index (χ4v) is 2.17. The molecule has 1 heteroatoms. The molecule has 1 aliphatic rings. The number of aliphatic hydroxyl groups is 1. The van der Waals surface area contributed by atoms with Crippen molar-refractivity contribution in [3.63, 3.8) is 0 Å². The zero-order valence-corrected chi connectivity index (χ0v) is 8.92. The lowest BCUT2D eigenvalue weighted by molar-refractivity contribution is 0.199. The Morgan fingerprint density at radius 2 is 2.00 bits per heavy atom. The van der Waals surface area contributed by atoms with Crippen molar-refractivity contribution in [1.82, 2.24) is 0 Å². The van der Waals surface area contributed by atoms with Crippen LogP contribution in [0.5, 0.6) is 0 Å². The van der Waals surface area contributed by atoms with E-state index in [0.29, 0.717) is 0 Å². The first-order chi connectivity index (χ1) is 6.18. The molecule has 0 radical (unpaired) electrons. The average molecular weight is 182 g/mol. The fourth-order valence-electron chi connectivity index (χ4n) is 2.17. The van der Waals surface area contributed by atoms with Crippen molar-refractivity contribution < 1.29 is 5.11 Å². The molecule has 1 atom stereocenters.